The van der Waals surface area contributed by atoms with E-state index in [1.807, 2.05) is 0 Å². The molecule has 0 fully saturated rings. The molecule has 0 aliphatic carbocycles. The number of aromatic carboxylic acids is 1. The number of carbonyl (C=O) groups is 3. The highest BCUT2D eigenvalue weighted by atomic mass is 19.1. The Morgan fingerprint density at radius 3 is 2.63 bits per heavy atom. The van der Waals surface area contributed by atoms with Crippen LogP contribution in [-0.2, 0) is 9.53 Å². The standard InChI is InChI=1S/C11H11FN2O5/c1-19-9(15)5-13-11(18)14-6-2-3-8(12)7(4-6)10(16)17/h2-4H,5H2,1H3,(H,16,17)(H2,13,14,18). The lowest BCUT2D eigenvalue weighted by Crippen LogP contribution is -2.33. The number of hydrogen-bond acceptors (Lipinski definition) is 4. The van der Waals surface area contributed by atoms with Gasteiger partial charge in [-0.25, -0.2) is 14.0 Å². The molecule has 0 heterocycles. The summed E-state index contributed by atoms with van der Waals surface area (Å²) in [5, 5.41) is 13.1. The van der Waals surface area contributed by atoms with E-state index in [1.54, 1.807) is 0 Å². The third kappa shape index (κ3) is 4.26. The van der Waals surface area contributed by atoms with Gasteiger partial charge < -0.3 is 20.5 Å². The number of carboxylic acids is 1. The van der Waals surface area contributed by atoms with E-state index in [-0.39, 0.29) is 12.2 Å². The minimum atomic E-state index is -1.45. The van der Waals surface area contributed by atoms with E-state index in [1.165, 1.54) is 13.2 Å². The number of esters is 1. The number of carbonyl (C=O) groups excluding carboxylic acids is 2. The summed E-state index contributed by atoms with van der Waals surface area (Å²) in [6.45, 7) is -0.338. The summed E-state index contributed by atoms with van der Waals surface area (Å²) in [4.78, 5) is 32.8. The van der Waals surface area contributed by atoms with Crippen molar-refractivity contribution in [1.29, 1.82) is 0 Å². The van der Waals surface area contributed by atoms with Crippen molar-refractivity contribution >= 4 is 23.7 Å². The van der Waals surface area contributed by atoms with Crippen LogP contribution in [0, 0.1) is 5.82 Å². The largest absolute Gasteiger partial charge is 0.478 e. The predicted molar refractivity (Wildman–Crippen MR) is 62.4 cm³/mol. The van der Waals surface area contributed by atoms with Crippen molar-refractivity contribution in [3.05, 3.63) is 29.6 Å². The molecule has 0 aliphatic rings. The Labute approximate surface area is 107 Å². The number of carboxylic acid groups (broad SMARTS) is 1. The normalized spacial score (nSPS) is 9.58. The average Bonchev–Trinajstić information content (AvgIpc) is 2.37. The molecule has 0 saturated carbocycles. The van der Waals surface area contributed by atoms with Gasteiger partial charge >= 0.3 is 18.0 Å². The van der Waals surface area contributed by atoms with Gasteiger partial charge in [-0.05, 0) is 18.2 Å². The second-order valence-corrected chi connectivity index (χ2v) is 3.38. The smallest absolute Gasteiger partial charge is 0.338 e. The summed E-state index contributed by atoms with van der Waals surface area (Å²) in [7, 11) is 1.17. The molecular formula is C11H11FN2O5. The number of methoxy groups -OCH3 is 1. The van der Waals surface area contributed by atoms with Gasteiger partial charge in [-0.3, -0.25) is 4.79 Å². The predicted octanol–water partition coefficient (Wildman–Crippen LogP) is 0.818. The number of halogens is 1. The number of hydrogen-bond donors (Lipinski definition) is 3. The number of urea groups is 1. The minimum absolute atomic E-state index is 0.0844. The van der Waals surface area contributed by atoms with Crippen LogP contribution in [0.4, 0.5) is 14.9 Å². The molecule has 3 N–H and O–H groups in total. The molecule has 7 nitrogen and oxygen atoms in total. The van der Waals surface area contributed by atoms with Crippen LogP contribution in [0.25, 0.3) is 0 Å². The van der Waals surface area contributed by atoms with Crippen LogP contribution in [-0.4, -0.2) is 36.7 Å². The summed E-state index contributed by atoms with van der Waals surface area (Å²) in [6.07, 6.45) is 0. The molecule has 19 heavy (non-hydrogen) atoms. The molecule has 0 bridgehead atoms. The molecule has 0 aromatic heterocycles. The van der Waals surface area contributed by atoms with Crippen LogP contribution in [0.2, 0.25) is 0 Å². The van der Waals surface area contributed by atoms with Gasteiger partial charge in [0.05, 0.1) is 12.7 Å². The van der Waals surface area contributed by atoms with Crippen molar-refractivity contribution in [2.45, 2.75) is 0 Å². The zero-order valence-corrected chi connectivity index (χ0v) is 9.90. The van der Waals surface area contributed by atoms with Crippen molar-refractivity contribution < 1.29 is 28.6 Å². The number of anilines is 1. The fourth-order valence-electron chi connectivity index (χ4n) is 1.17. The van der Waals surface area contributed by atoms with Gasteiger partial charge in [-0.15, -0.1) is 0 Å². The van der Waals surface area contributed by atoms with E-state index >= 15 is 0 Å². The summed E-state index contributed by atoms with van der Waals surface area (Å²) in [5.41, 5.74) is -0.480. The van der Waals surface area contributed by atoms with Crippen molar-refractivity contribution in [2.24, 2.45) is 0 Å². The number of amides is 2. The summed E-state index contributed by atoms with van der Waals surface area (Å²) < 4.78 is 17.4. The summed E-state index contributed by atoms with van der Waals surface area (Å²) in [5.74, 6) is -3.00. The van der Waals surface area contributed by atoms with Crippen molar-refractivity contribution in [1.82, 2.24) is 5.32 Å². The molecule has 0 spiro atoms. The van der Waals surface area contributed by atoms with Crippen molar-refractivity contribution in [3.8, 4) is 0 Å². The Balaban J connectivity index is 2.67. The monoisotopic (exact) mass is 270 g/mol. The maximum Gasteiger partial charge on any atom is 0.338 e. The summed E-state index contributed by atoms with van der Waals surface area (Å²) in [6, 6.07) is 2.34. The highest BCUT2D eigenvalue weighted by molar-refractivity contribution is 5.94. The van der Waals surface area contributed by atoms with Gasteiger partial charge in [-0.2, -0.15) is 0 Å². The van der Waals surface area contributed by atoms with E-state index in [2.05, 4.69) is 15.4 Å². The van der Waals surface area contributed by atoms with Crippen LogP contribution in [0.15, 0.2) is 18.2 Å². The molecule has 2 amide bonds. The first kappa shape index (κ1) is 14.4. The van der Waals surface area contributed by atoms with Crippen LogP contribution >= 0.6 is 0 Å². The Kier molecular flexibility index (Phi) is 4.81. The van der Waals surface area contributed by atoms with Crippen LogP contribution < -0.4 is 10.6 Å². The molecule has 0 aliphatic heterocycles. The number of nitrogens with one attached hydrogen (secondary N) is 2. The van der Waals surface area contributed by atoms with Gasteiger partial charge in [0.1, 0.15) is 12.4 Å². The Morgan fingerprint density at radius 1 is 1.37 bits per heavy atom. The van der Waals surface area contributed by atoms with E-state index < -0.39 is 29.4 Å². The molecule has 1 rings (SSSR count). The van der Waals surface area contributed by atoms with Gasteiger partial charge in [0.2, 0.25) is 0 Å². The fourth-order valence-corrected chi connectivity index (χ4v) is 1.17. The number of ether oxygens (including phenoxy) is 1. The number of benzene rings is 1. The second kappa shape index (κ2) is 6.34. The maximum absolute atomic E-state index is 13.1. The van der Waals surface area contributed by atoms with Crippen molar-refractivity contribution in [3.63, 3.8) is 0 Å². The Bertz CT molecular complexity index is 518. The first-order chi connectivity index (χ1) is 8.93. The highest BCUT2D eigenvalue weighted by Gasteiger charge is 2.12. The molecular weight excluding hydrogens is 259 g/mol. The first-order valence-electron chi connectivity index (χ1n) is 5.08. The lowest BCUT2D eigenvalue weighted by molar-refractivity contribution is -0.139. The average molecular weight is 270 g/mol. The lowest BCUT2D eigenvalue weighted by Gasteiger charge is -2.07. The van der Waals surface area contributed by atoms with Gasteiger partial charge in [0.15, 0.2) is 0 Å². The first-order valence-corrected chi connectivity index (χ1v) is 5.08. The third-order valence-corrected chi connectivity index (χ3v) is 2.08. The molecule has 0 radical (unpaired) electrons. The van der Waals surface area contributed by atoms with Crippen molar-refractivity contribution in [2.75, 3.05) is 19.0 Å². The molecule has 102 valence electrons. The highest BCUT2D eigenvalue weighted by Crippen LogP contribution is 2.14. The van der Waals surface area contributed by atoms with Crippen LogP contribution in [0.3, 0.4) is 0 Å². The third-order valence-electron chi connectivity index (χ3n) is 2.08. The van der Waals surface area contributed by atoms with Gasteiger partial charge in [-0.1, -0.05) is 0 Å². The quantitative estimate of drug-likeness (QED) is 0.702. The van der Waals surface area contributed by atoms with E-state index in [0.717, 1.165) is 12.1 Å². The number of rotatable bonds is 4. The Morgan fingerprint density at radius 2 is 2.05 bits per heavy atom. The van der Waals surface area contributed by atoms with Crippen LogP contribution in [0.1, 0.15) is 10.4 Å². The Hall–Kier alpha value is -2.64. The molecule has 1 aromatic rings. The topological polar surface area (TPSA) is 105 Å². The molecule has 1 aromatic carbocycles. The summed E-state index contributed by atoms with van der Waals surface area (Å²) >= 11 is 0. The minimum Gasteiger partial charge on any atom is -0.478 e. The second-order valence-electron chi connectivity index (χ2n) is 3.38. The fraction of sp³-hybridized carbons (Fsp3) is 0.182. The maximum atomic E-state index is 13.1. The van der Waals surface area contributed by atoms with Crippen LogP contribution in [0.5, 0.6) is 0 Å². The zero-order chi connectivity index (χ0) is 14.4. The molecule has 8 heteroatoms. The SMILES string of the molecule is COC(=O)CNC(=O)Nc1ccc(F)c(C(=O)O)c1. The van der Waals surface area contributed by atoms with E-state index in [0.29, 0.717) is 0 Å². The molecule has 0 atom stereocenters. The lowest BCUT2D eigenvalue weighted by atomic mass is 10.2. The van der Waals surface area contributed by atoms with Gasteiger partial charge in [0, 0.05) is 5.69 Å². The van der Waals surface area contributed by atoms with E-state index in [9.17, 15) is 18.8 Å². The zero-order valence-electron chi connectivity index (χ0n) is 9.90. The van der Waals surface area contributed by atoms with E-state index in [4.69, 9.17) is 5.11 Å². The van der Waals surface area contributed by atoms with Gasteiger partial charge in [0.25, 0.3) is 0 Å². The molecule has 0 saturated heterocycles. The molecule has 0 unspecified atom stereocenters.